The number of hydrogen-bond donors (Lipinski definition) is 2. The maximum absolute atomic E-state index is 12.6. The molecule has 3 aliphatic carbocycles. The number of alkyl halides is 3. The predicted molar refractivity (Wildman–Crippen MR) is 131 cm³/mol. The molecule has 200 valence electrons. The summed E-state index contributed by atoms with van der Waals surface area (Å²) in [5.74, 6) is 1.51. The van der Waals surface area contributed by atoms with Gasteiger partial charge >= 0.3 is 6.36 Å². The van der Waals surface area contributed by atoms with Crippen molar-refractivity contribution < 1.29 is 28.1 Å². The average molecular weight is 500 g/mol. The Balaban J connectivity index is 1.43. The van der Waals surface area contributed by atoms with Gasteiger partial charge in [-0.25, -0.2) is 0 Å². The minimum Gasteiger partial charge on any atom is -0.393 e. The van der Waals surface area contributed by atoms with Crippen molar-refractivity contribution in [2.45, 2.75) is 104 Å². The molecule has 4 rings (SSSR count). The van der Waals surface area contributed by atoms with Crippen molar-refractivity contribution in [3.63, 3.8) is 0 Å². The fraction of sp³-hybridized carbons (Fsp3) is 0.857. The van der Waals surface area contributed by atoms with E-state index in [1.807, 2.05) is 0 Å². The molecule has 0 aromatic heterocycles. The first-order chi connectivity index (χ1) is 16.3. The number of hydrogen-bond acceptors (Lipinski definition) is 4. The van der Waals surface area contributed by atoms with Gasteiger partial charge in [0.2, 0.25) is 0 Å². The van der Waals surface area contributed by atoms with E-state index in [9.17, 15) is 23.4 Å². The molecule has 7 atom stereocenters. The summed E-state index contributed by atoms with van der Waals surface area (Å²) in [5, 5.41) is 20.7. The molecular weight excluding hydrogens is 455 g/mol. The normalized spacial score (nSPS) is 41.5. The first-order valence-corrected chi connectivity index (χ1v) is 13.5. The Bertz CT molecular complexity index is 823. The Morgan fingerprint density at radius 1 is 1.14 bits per heavy atom. The molecule has 35 heavy (non-hydrogen) atoms. The van der Waals surface area contributed by atoms with E-state index in [0.29, 0.717) is 50.1 Å². The van der Waals surface area contributed by atoms with Crippen molar-refractivity contribution in [3.05, 3.63) is 23.3 Å². The van der Waals surface area contributed by atoms with Crippen LogP contribution in [-0.2, 0) is 4.74 Å². The number of fused-ring (bicyclic) bond motifs is 1. The molecule has 1 heterocycles. The van der Waals surface area contributed by atoms with Crippen LogP contribution in [0, 0.1) is 28.6 Å². The first kappa shape index (κ1) is 27.2. The van der Waals surface area contributed by atoms with Crippen molar-refractivity contribution >= 4 is 0 Å². The van der Waals surface area contributed by atoms with Gasteiger partial charge in [0.25, 0.3) is 0 Å². The highest BCUT2D eigenvalue weighted by Gasteiger charge is 2.51. The summed E-state index contributed by atoms with van der Waals surface area (Å²) in [5.41, 5.74) is 2.50. The Kier molecular flexibility index (Phi) is 7.84. The molecule has 0 bridgehead atoms. The molecule has 3 saturated carbocycles. The molecule has 0 spiro atoms. The number of allylic oxidation sites excluding steroid dienone is 3. The smallest absolute Gasteiger partial charge is 0.393 e. The van der Waals surface area contributed by atoms with Crippen LogP contribution in [0.25, 0.3) is 0 Å². The van der Waals surface area contributed by atoms with Crippen LogP contribution in [0.3, 0.4) is 0 Å². The minimum atomic E-state index is -4.55. The molecule has 1 saturated heterocycles. The molecule has 0 radical (unpaired) electrons. The number of aliphatic hydroxyl groups is 2. The summed E-state index contributed by atoms with van der Waals surface area (Å²) in [4.78, 5) is 2.16. The lowest BCUT2D eigenvalue weighted by molar-refractivity contribution is -0.340. The summed E-state index contributed by atoms with van der Waals surface area (Å²) in [6, 6.07) is 0. The minimum absolute atomic E-state index is 0.213. The second-order valence-corrected chi connectivity index (χ2v) is 12.6. The van der Waals surface area contributed by atoms with E-state index in [1.54, 1.807) is 0 Å². The zero-order chi connectivity index (χ0) is 25.6. The van der Waals surface area contributed by atoms with Crippen LogP contribution in [0.1, 0.15) is 79.1 Å². The average Bonchev–Trinajstić information content (AvgIpc) is 3.31. The zero-order valence-electron chi connectivity index (χ0n) is 21.8. The van der Waals surface area contributed by atoms with Crippen LogP contribution in [0.5, 0.6) is 0 Å². The molecule has 1 aliphatic heterocycles. The van der Waals surface area contributed by atoms with Crippen LogP contribution < -0.4 is 0 Å². The van der Waals surface area contributed by atoms with Gasteiger partial charge in [0.05, 0.1) is 18.3 Å². The lowest BCUT2D eigenvalue weighted by Crippen LogP contribution is -2.40. The zero-order valence-corrected chi connectivity index (χ0v) is 21.8. The van der Waals surface area contributed by atoms with Gasteiger partial charge in [0.1, 0.15) is 0 Å². The molecule has 4 fully saturated rings. The molecule has 7 heteroatoms. The molecule has 0 aromatic carbocycles. The molecule has 4 aliphatic rings. The van der Waals surface area contributed by atoms with Gasteiger partial charge in [-0.2, -0.15) is 0 Å². The van der Waals surface area contributed by atoms with E-state index in [-0.39, 0.29) is 10.8 Å². The number of nitrogens with zero attached hydrogens (tertiary/aromatic N) is 1. The third kappa shape index (κ3) is 5.83. The van der Waals surface area contributed by atoms with E-state index >= 15 is 0 Å². The summed E-state index contributed by atoms with van der Waals surface area (Å²) < 4.78 is 42.1. The summed E-state index contributed by atoms with van der Waals surface area (Å²) >= 11 is 0. The number of rotatable bonds is 5. The van der Waals surface area contributed by atoms with Crippen molar-refractivity contribution in [2.24, 2.45) is 28.6 Å². The van der Waals surface area contributed by atoms with Gasteiger partial charge < -0.3 is 15.1 Å². The fourth-order valence-electron chi connectivity index (χ4n) is 7.85. The fourth-order valence-corrected chi connectivity index (χ4v) is 7.85. The standard InChI is InChI=1S/C28H44F3NO3/c1-18(16-32-13-11-22(17-32)35-28(29,30)31)23-9-10-24-19(6-5-12-27(23,24)4)7-8-20-14-21(33)15-25(34)26(20,2)3/h7-8,18,21-25,33-34H,5-6,9-17H2,1-4H3/b19-7+,20-8-/t18-,21-,22-,23-,24+,25+,27-/m1/s1. The molecule has 0 unspecified atom stereocenters. The van der Waals surface area contributed by atoms with Crippen LogP contribution in [0.4, 0.5) is 13.2 Å². The monoisotopic (exact) mass is 499 g/mol. The number of ether oxygens (including phenoxy) is 1. The highest BCUT2D eigenvalue weighted by molar-refractivity contribution is 5.29. The Hall–Kier alpha value is -0.890. The highest BCUT2D eigenvalue weighted by Crippen LogP contribution is 2.59. The largest absolute Gasteiger partial charge is 0.522 e. The van der Waals surface area contributed by atoms with Crippen molar-refractivity contribution in [1.82, 2.24) is 4.90 Å². The number of likely N-dealkylation sites (tertiary alicyclic amines) is 1. The topological polar surface area (TPSA) is 52.9 Å². The molecule has 4 nitrogen and oxygen atoms in total. The lowest BCUT2D eigenvalue weighted by Gasteiger charge is -2.45. The quantitative estimate of drug-likeness (QED) is 0.499. The Morgan fingerprint density at radius 3 is 2.60 bits per heavy atom. The van der Waals surface area contributed by atoms with Gasteiger partial charge in [-0.15, -0.1) is 13.2 Å². The SMILES string of the molecule is C[C@H](CN1CC[C@@H](OC(F)(F)F)C1)[C@H]1CC[C@H]2/C(=C/C=C3/C[C@@H](O)C[C@H](O)C3(C)C)CCC[C@]12C. The maximum Gasteiger partial charge on any atom is 0.522 e. The van der Waals surface area contributed by atoms with Gasteiger partial charge in [-0.1, -0.05) is 51.0 Å². The predicted octanol–water partition coefficient (Wildman–Crippen LogP) is 5.84. The van der Waals surface area contributed by atoms with E-state index in [4.69, 9.17) is 0 Å². The van der Waals surface area contributed by atoms with E-state index in [1.165, 1.54) is 12.0 Å². The second-order valence-electron chi connectivity index (χ2n) is 12.6. The maximum atomic E-state index is 12.6. The molecule has 0 amide bonds. The Morgan fingerprint density at radius 2 is 1.89 bits per heavy atom. The van der Waals surface area contributed by atoms with Crippen molar-refractivity contribution in [2.75, 3.05) is 19.6 Å². The van der Waals surface area contributed by atoms with Crippen LogP contribution >= 0.6 is 0 Å². The second kappa shape index (κ2) is 10.1. The number of aliphatic hydroxyl groups excluding tert-OH is 2. The van der Waals surface area contributed by atoms with Crippen LogP contribution in [0.15, 0.2) is 23.3 Å². The summed E-state index contributed by atoms with van der Waals surface area (Å²) in [6.45, 7) is 10.7. The van der Waals surface area contributed by atoms with E-state index in [2.05, 4.69) is 49.5 Å². The summed E-state index contributed by atoms with van der Waals surface area (Å²) in [7, 11) is 0. The third-order valence-electron chi connectivity index (χ3n) is 9.91. The third-order valence-corrected chi connectivity index (χ3v) is 9.91. The molecular formula is C28H44F3NO3. The van der Waals surface area contributed by atoms with E-state index < -0.39 is 24.7 Å². The Labute approximate surface area is 208 Å². The van der Waals surface area contributed by atoms with Crippen molar-refractivity contribution in [1.29, 1.82) is 0 Å². The highest BCUT2D eigenvalue weighted by atomic mass is 19.4. The van der Waals surface area contributed by atoms with Crippen LogP contribution in [-0.4, -0.2) is 59.4 Å². The van der Waals surface area contributed by atoms with Crippen LogP contribution in [0.2, 0.25) is 0 Å². The number of halogens is 3. The molecule has 2 N–H and O–H groups in total. The van der Waals surface area contributed by atoms with Crippen molar-refractivity contribution in [3.8, 4) is 0 Å². The van der Waals surface area contributed by atoms with Gasteiger partial charge in [-0.3, -0.25) is 4.74 Å². The first-order valence-electron chi connectivity index (χ1n) is 13.5. The lowest BCUT2D eigenvalue weighted by atomic mass is 9.61. The molecule has 0 aromatic rings. The van der Waals surface area contributed by atoms with E-state index in [0.717, 1.165) is 37.8 Å². The summed E-state index contributed by atoms with van der Waals surface area (Å²) in [6.07, 6.45) is 5.42. The van der Waals surface area contributed by atoms with Gasteiger partial charge in [0, 0.05) is 31.5 Å². The van der Waals surface area contributed by atoms with Gasteiger partial charge in [0.15, 0.2) is 0 Å². The van der Waals surface area contributed by atoms with Gasteiger partial charge in [-0.05, 0) is 68.1 Å².